The van der Waals surface area contributed by atoms with Gasteiger partial charge in [0.15, 0.2) is 5.76 Å². The summed E-state index contributed by atoms with van der Waals surface area (Å²) in [7, 11) is 0. The first-order chi connectivity index (χ1) is 14.6. The molecule has 0 fully saturated rings. The van der Waals surface area contributed by atoms with Crippen molar-refractivity contribution >= 4 is 17.8 Å². The lowest BCUT2D eigenvalue weighted by atomic mass is 9.94. The van der Waals surface area contributed by atoms with Gasteiger partial charge in [-0.15, -0.1) is 0 Å². The van der Waals surface area contributed by atoms with Crippen LogP contribution in [0, 0.1) is 5.92 Å². The van der Waals surface area contributed by atoms with E-state index in [4.69, 9.17) is 18.9 Å². The average Bonchev–Trinajstić information content (AvgIpc) is 2.69. The Labute approximate surface area is 179 Å². The zero-order valence-corrected chi connectivity index (χ0v) is 17.7. The van der Waals surface area contributed by atoms with E-state index in [1.807, 2.05) is 6.07 Å². The van der Waals surface area contributed by atoms with Crippen LogP contribution < -0.4 is 10.1 Å². The Morgan fingerprint density at radius 2 is 1.90 bits per heavy atom. The Balaban J connectivity index is 1.62. The van der Waals surface area contributed by atoms with Gasteiger partial charge in [0.2, 0.25) is 11.5 Å². The Kier molecular flexibility index (Phi) is 6.32. The van der Waals surface area contributed by atoms with Crippen LogP contribution in [0.1, 0.15) is 27.7 Å². The number of amides is 1. The van der Waals surface area contributed by atoms with Gasteiger partial charge in [0.1, 0.15) is 35.3 Å². The number of nitrogens with one attached hydrogen (secondary N) is 1. The molecule has 8 heteroatoms. The minimum absolute atomic E-state index is 0.0651. The van der Waals surface area contributed by atoms with E-state index in [0.717, 1.165) is 0 Å². The van der Waals surface area contributed by atoms with Crippen molar-refractivity contribution in [3.63, 3.8) is 0 Å². The van der Waals surface area contributed by atoms with Crippen molar-refractivity contribution in [3.8, 4) is 5.75 Å². The molecule has 1 heterocycles. The van der Waals surface area contributed by atoms with Gasteiger partial charge >= 0.3 is 12.1 Å². The van der Waals surface area contributed by atoms with Crippen LogP contribution in [0.5, 0.6) is 5.75 Å². The number of alkyl carbamates (subject to hydrolysis) is 1. The zero-order chi connectivity index (χ0) is 22.6. The fourth-order valence-corrected chi connectivity index (χ4v) is 2.75. The van der Waals surface area contributed by atoms with Crippen molar-refractivity contribution in [2.24, 2.45) is 5.92 Å². The maximum absolute atomic E-state index is 12.8. The summed E-state index contributed by atoms with van der Waals surface area (Å²) in [5.74, 6) is -0.464. The van der Waals surface area contributed by atoms with Gasteiger partial charge < -0.3 is 24.3 Å². The molecule has 31 heavy (non-hydrogen) atoms. The van der Waals surface area contributed by atoms with Crippen LogP contribution in [-0.2, 0) is 23.8 Å². The van der Waals surface area contributed by atoms with Gasteiger partial charge in [0.05, 0.1) is 0 Å². The third-order valence-electron chi connectivity index (χ3n) is 4.03. The Hall–Kier alpha value is -3.77. The Morgan fingerprint density at radius 1 is 1.19 bits per heavy atom. The average molecular weight is 425 g/mol. The molecule has 3 rings (SSSR count). The molecule has 0 aromatic heterocycles. The van der Waals surface area contributed by atoms with E-state index in [2.05, 4.69) is 11.0 Å². The topological polar surface area (TPSA) is 100 Å². The summed E-state index contributed by atoms with van der Waals surface area (Å²) < 4.78 is 21.6. The molecule has 162 valence electrons. The molecule has 1 atom stereocenters. The molecule has 1 N–H and O–H groups in total. The second-order valence-corrected chi connectivity index (χ2v) is 7.80. The summed E-state index contributed by atoms with van der Waals surface area (Å²) in [6.07, 6.45) is 2.13. The van der Waals surface area contributed by atoms with Crippen LogP contribution in [0.25, 0.3) is 0 Å². The normalized spacial score (nSPS) is 17.7. The molecule has 2 aliphatic rings. The number of carbonyl (C=O) groups is 3. The summed E-state index contributed by atoms with van der Waals surface area (Å²) in [5, 5.41) is 2.31. The number of ether oxygens (including phenoxy) is 4. The smallest absolute Gasteiger partial charge is 0.408 e. The van der Waals surface area contributed by atoms with Gasteiger partial charge in [-0.3, -0.25) is 4.79 Å². The third kappa shape index (κ3) is 5.87. The molecule has 1 aromatic rings. The summed E-state index contributed by atoms with van der Waals surface area (Å²) >= 11 is 0. The van der Waals surface area contributed by atoms with Gasteiger partial charge in [0, 0.05) is 6.08 Å². The van der Waals surface area contributed by atoms with E-state index in [-0.39, 0.29) is 23.8 Å². The number of carbonyl (C=O) groups excluding carboxylic acids is 3. The molecule has 1 amide bonds. The second kappa shape index (κ2) is 8.93. The summed E-state index contributed by atoms with van der Waals surface area (Å²) in [6.45, 7) is 6.36. The number of Topliss-reactive ketones (excluding diaryl/α,β-unsaturated/α-hetero) is 1. The number of fused-ring (bicyclic) bond motifs is 1. The predicted octanol–water partition coefficient (Wildman–Crippen LogP) is 3.52. The van der Waals surface area contributed by atoms with Crippen LogP contribution in [0.2, 0.25) is 0 Å². The number of esters is 1. The highest BCUT2D eigenvalue weighted by molar-refractivity contribution is 6.00. The van der Waals surface area contributed by atoms with E-state index < -0.39 is 23.6 Å². The number of hydrogen-bond acceptors (Lipinski definition) is 7. The van der Waals surface area contributed by atoms with E-state index >= 15 is 0 Å². The lowest BCUT2D eigenvalue weighted by Gasteiger charge is -2.26. The largest absolute Gasteiger partial charge is 0.461 e. The lowest BCUT2D eigenvalue weighted by Crippen LogP contribution is -2.36. The standard InChI is InChI=1S/C23H23NO7/c1-14-21(30-15-8-6-5-7-9-15)20(26)17-11-10-16(12-18(17)28-14)29-19(25)13-24-22(27)31-23(2,3)4/h5-9,11-12,17H,13H2,1-4H3,(H,24,27)/t17-/m0/s1. The van der Waals surface area contributed by atoms with Gasteiger partial charge in [0.25, 0.3) is 0 Å². The molecular weight excluding hydrogens is 402 g/mol. The fraction of sp³-hybridized carbons (Fsp3) is 0.304. The molecule has 0 unspecified atom stereocenters. The van der Waals surface area contributed by atoms with Crippen LogP contribution in [-0.4, -0.2) is 30.0 Å². The molecule has 1 aliphatic carbocycles. The number of para-hydroxylation sites is 1. The maximum atomic E-state index is 12.8. The van der Waals surface area contributed by atoms with Crippen molar-refractivity contribution in [1.29, 1.82) is 0 Å². The quantitative estimate of drug-likeness (QED) is 0.569. The molecule has 0 bridgehead atoms. The molecule has 0 saturated heterocycles. The van der Waals surface area contributed by atoms with Crippen LogP contribution in [0.4, 0.5) is 4.79 Å². The minimum atomic E-state index is -0.732. The van der Waals surface area contributed by atoms with Gasteiger partial charge in [-0.2, -0.15) is 0 Å². The van der Waals surface area contributed by atoms with E-state index in [9.17, 15) is 14.4 Å². The molecule has 8 nitrogen and oxygen atoms in total. The summed E-state index contributed by atoms with van der Waals surface area (Å²) in [6, 6.07) is 8.91. The van der Waals surface area contributed by atoms with Crippen molar-refractivity contribution in [2.75, 3.05) is 6.54 Å². The molecule has 0 saturated carbocycles. The molecule has 0 radical (unpaired) electrons. The monoisotopic (exact) mass is 425 g/mol. The van der Waals surface area contributed by atoms with Crippen LogP contribution in [0.3, 0.4) is 0 Å². The predicted molar refractivity (Wildman–Crippen MR) is 109 cm³/mol. The van der Waals surface area contributed by atoms with E-state index in [1.54, 1.807) is 52.0 Å². The summed E-state index contributed by atoms with van der Waals surface area (Å²) in [5.41, 5.74) is 2.07. The highest BCUT2D eigenvalue weighted by atomic mass is 16.6. The number of allylic oxidation sites excluding steroid dienone is 3. The van der Waals surface area contributed by atoms with Gasteiger partial charge in [-0.25, -0.2) is 9.59 Å². The van der Waals surface area contributed by atoms with Crippen molar-refractivity contribution < 1.29 is 33.3 Å². The van der Waals surface area contributed by atoms with Crippen molar-refractivity contribution in [2.45, 2.75) is 33.3 Å². The van der Waals surface area contributed by atoms with Crippen LogP contribution >= 0.6 is 0 Å². The minimum Gasteiger partial charge on any atom is -0.461 e. The fourth-order valence-electron chi connectivity index (χ4n) is 2.75. The van der Waals surface area contributed by atoms with E-state index in [1.165, 1.54) is 12.2 Å². The molecule has 1 aliphatic heterocycles. The Morgan fingerprint density at radius 3 is 2.58 bits per heavy atom. The number of hydrogen-bond donors (Lipinski definition) is 1. The maximum Gasteiger partial charge on any atom is 0.408 e. The zero-order valence-electron chi connectivity index (χ0n) is 17.7. The van der Waals surface area contributed by atoms with E-state index in [0.29, 0.717) is 17.3 Å². The highest BCUT2D eigenvalue weighted by Gasteiger charge is 2.36. The summed E-state index contributed by atoms with van der Waals surface area (Å²) in [4.78, 5) is 36.5. The SMILES string of the molecule is CC1=C(Oc2ccccc2)C(=O)[C@H]2C=C=C(OC(=O)CNC(=O)OC(C)(C)C)C=C2O1. The highest BCUT2D eigenvalue weighted by Crippen LogP contribution is 2.33. The first kappa shape index (κ1) is 21.9. The molecular formula is C23H23NO7. The number of rotatable bonds is 5. The second-order valence-electron chi connectivity index (χ2n) is 7.80. The van der Waals surface area contributed by atoms with Crippen LogP contribution in [0.15, 0.2) is 71.3 Å². The molecule has 0 spiro atoms. The first-order valence-electron chi connectivity index (χ1n) is 9.64. The third-order valence-corrected chi connectivity index (χ3v) is 4.03. The lowest BCUT2D eigenvalue weighted by molar-refractivity contribution is -0.137. The van der Waals surface area contributed by atoms with Crippen molar-refractivity contribution in [3.05, 3.63) is 71.3 Å². The van der Waals surface area contributed by atoms with Gasteiger partial charge in [-0.05, 0) is 45.9 Å². The number of ketones is 1. The van der Waals surface area contributed by atoms with Gasteiger partial charge in [-0.1, -0.05) is 23.9 Å². The molecule has 1 aromatic carbocycles. The number of benzene rings is 1. The van der Waals surface area contributed by atoms with Crippen molar-refractivity contribution in [1.82, 2.24) is 5.32 Å². The Bertz CT molecular complexity index is 1020. The first-order valence-corrected chi connectivity index (χ1v) is 9.64.